The standard InChI is InChI=1S/C28H33N3O7S/c1-4-19-7-6-10-22-23(16-29-26(19)22)24(32)17-38-28(34)25(18(2)3)30-27(33)20-8-5-9-21(15-20)39(35,36)31-11-13-37-14-12-31/h5-10,15-16,18,25,29H,4,11-14,17H2,1-3H3,(H,30,33)/t25-/m0/s1. The SMILES string of the molecule is CCc1cccc2c(C(=O)COC(=O)[C@@H](NC(=O)c3cccc(S(=O)(=O)N4CCOCC4)c3)C(C)C)c[nH]c12. The predicted octanol–water partition coefficient (Wildman–Crippen LogP) is 2.93. The molecule has 0 unspecified atom stereocenters. The Morgan fingerprint density at radius 3 is 2.51 bits per heavy atom. The number of para-hydroxylation sites is 1. The van der Waals surface area contributed by atoms with Crippen molar-refractivity contribution in [1.82, 2.24) is 14.6 Å². The topological polar surface area (TPSA) is 135 Å². The van der Waals surface area contributed by atoms with Gasteiger partial charge in [-0.3, -0.25) is 9.59 Å². The van der Waals surface area contributed by atoms with Crippen LogP contribution in [0.2, 0.25) is 0 Å². The van der Waals surface area contributed by atoms with Gasteiger partial charge in [-0.05, 0) is 36.1 Å². The number of aryl methyl sites for hydroxylation is 1. The third-order valence-corrected chi connectivity index (χ3v) is 8.63. The number of morpholine rings is 1. The molecule has 208 valence electrons. The molecule has 1 aliphatic rings. The Hall–Kier alpha value is -3.54. The minimum Gasteiger partial charge on any atom is -0.456 e. The van der Waals surface area contributed by atoms with E-state index in [0.717, 1.165) is 22.9 Å². The van der Waals surface area contributed by atoms with Crippen molar-refractivity contribution in [2.75, 3.05) is 32.9 Å². The van der Waals surface area contributed by atoms with Crippen LogP contribution in [0.4, 0.5) is 0 Å². The summed E-state index contributed by atoms with van der Waals surface area (Å²) >= 11 is 0. The van der Waals surface area contributed by atoms with Crippen LogP contribution in [0.5, 0.6) is 0 Å². The molecule has 1 aromatic heterocycles. The van der Waals surface area contributed by atoms with Crippen LogP contribution in [0.1, 0.15) is 47.1 Å². The van der Waals surface area contributed by atoms with E-state index in [1.54, 1.807) is 20.0 Å². The molecule has 39 heavy (non-hydrogen) atoms. The Morgan fingerprint density at radius 1 is 1.10 bits per heavy atom. The number of carbonyl (C=O) groups excluding carboxylic acids is 3. The van der Waals surface area contributed by atoms with Crippen LogP contribution in [-0.2, 0) is 30.7 Å². The number of hydrogen-bond donors (Lipinski definition) is 2. The highest BCUT2D eigenvalue weighted by Gasteiger charge is 2.29. The van der Waals surface area contributed by atoms with E-state index in [4.69, 9.17) is 9.47 Å². The maximum Gasteiger partial charge on any atom is 0.329 e. The molecule has 2 aromatic carbocycles. The number of Topliss-reactive ketones (excluding diaryl/α,β-unsaturated/α-hetero) is 1. The van der Waals surface area contributed by atoms with Crippen molar-refractivity contribution in [2.24, 2.45) is 5.92 Å². The summed E-state index contributed by atoms with van der Waals surface area (Å²) < 4.78 is 37.9. The van der Waals surface area contributed by atoms with Gasteiger partial charge in [0.25, 0.3) is 5.91 Å². The molecule has 0 radical (unpaired) electrons. The Bertz CT molecular complexity index is 1470. The van der Waals surface area contributed by atoms with Gasteiger partial charge in [-0.1, -0.05) is 45.0 Å². The Morgan fingerprint density at radius 2 is 1.82 bits per heavy atom. The predicted molar refractivity (Wildman–Crippen MR) is 145 cm³/mol. The van der Waals surface area contributed by atoms with Gasteiger partial charge in [0.05, 0.1) is 18.1 Å². The maximum atomic E-state index is 13.0. The smallest absolute Gasteiger partial charge is 0.329 e. The molecule has 4 rings (SSSR count). The first-order chi connectivity index (χ1) is 18.6. The number of sulfonamides is 1. The first-order valence-electron chi connectivity index (χ1n) is 12.9. The molecule has 0 spiro atoms. The van der Waals surface area contributed by atoms with E-state index in [-0.39, 0.29) is 35.2 Å². The molecule has 11 heteroatoms. The average molecular weight is 556 g/mol. The van der Waals surface area contributed by atoms with Gasteiger partial charge in [-0.15, -0.1) is 0 Å². The van der Waals surface area contributed by atoms with Crippen LogP contribution >= 0.6 is 0 Å². The fraction of sp³-hybridized carbons (Fsp3) is 0.393. The molecule has 10 nitrogen and oxygen atoms in total. The molecule has 0 saturated carbocycles. The molecule has 1 fully saturated rings. The number of ketones is 1. The number of benzene rings is 2. The molecular weight excluding hydrogens is 522 g/mol. The van der Waals surface area contributed by atoms with Gasteiger partial charge in [0.2, 0.25) is 15.8 Å². The third-order valence-electron chi connectivity index (χ3n) is 6.74. The van der Waals surface area contributed by atoms with Crippen molar-refractivity contribution in [3.8, 4) is 0 Å². The first-order valence-corrected chi connectivity index (χ1v) is 14.3. The number of aromatic amines is 1. The number of hydrogen-bond acceptors (Lipinski definition) is 7. The molecular formula is C28H33N3O7S. The van der Waals surface area contributed by atoms with Gasteiger partial charge >= 0.3 is 5.97 Å². The molecule has 3 aromatic rings. The minimum absolute atomic E-state index is 0.0173. The van der Waals surface area contributed by atoms with Crippen LogP contribution in [0.25, 0.3) is 10.9 Å². The second-order valence-electron chi connectivity index (χ2n) is 9.67. The molecule has 1 saturated heterocycles. The van der Waals surface area contributed by atoms with Gasteiger partial charge in [0.15, 0.2) is 6.61 Å². The molecule has 0 bridgehead atoms. The summed E-state index contributed by atoms with van der Waals surface area (Å²) in [5.41, 5.74) is 2.47. The molecule has 1 aliphatic heterocycles. The third kappa shape index (κ3) is 6.21. The van der Waals surface area contributed by atoms with Crippen LogP contribution in [0, 0.1) is 5.92 Å². The zero-order valence-corrected chi connectivity index (χ0v) is 23.0. The lowest BCUT2D eigenvalue weighted by molar-refractivity contribution is -0.145. The molecule has 1 amide bonds. The van der Waals surface area contributed by atoms with Crippen molar-refractivity contribution in [1.29, 1.82) is 0 Å². The number of carbonyl (C=O) groups is 3. The number of rotatable bonds is 10. The summed E-state index contributed by atoms with van der Waals surface area (Å²) in [5, 5.41) is 3.39. The maximum absolute atomic E-state index is 13.0. The van der Waals surface area contributed by atoms with Crippen molar-refractivity contribution in [3.05, 3.63) is 65.4 Å². The number of esters is 1. The molecule has 2 heterocycles. The summed E-state index contributed by atoms with van der Waals surface area (Å²) in [6, 6.07) is 10.3. The van der Waals surface area contributed by atoms with Crippen LogP contribution in [0.15, 0.2) is 53.6 Å². The average Bonchev–Trinajstić information content (AvgIpc) is 3.39. The van der Waals surface area contributed by atoms with Crippen molar-refractivity contribution in [2.45, 2.75) is 38.1 Å². The number of H-pyrrole nitrogens is 1. The van der Waals surface area contributed by atoms with E-state index in [2.05, 4.69) is 10.3 Å². The highest BCUT2D eigenvalue weighted by molar-refractivity contribution is 7.89. The van der Waals surface area contributed by atoms with Crippen LogP contribution < -0.4 is 5.32 Å². The number of fused-ring (bicyclic) bond motifs is 1. The van der Waals surface area contributed by atoms with Gasteiger partial charge < -0.3 is 19.8 Å². The molecule has 1 atom stereocenters. The lowest BCUT2D eigenvalue weighted by Crippen LogP contribution is -2.45. The fourth-order valence-electron chi connectivity index (χ4n) is 4.50. The van der Waals surface area contributed by atoms with Crippen LogP contribution in [0.3, 0.4) is 0 Å². The number of nitrogens with zero attached hydrogens (tertiary/aromatic N) is 1. The van der Waals surface area contributed by atoms with Gasteiger partial charge in [0.1, 0.15) is 6.04 Å². The van der Waals surface area contributed by atoms with Gasteiger partial charge in [-0.25, -0.2) is 13.2 Å². The Balaban J connectivity index is 1.43. The number of ether oxygens (including phenoxy) is 2. The van der Waals surface area contributed by atoms with Gasteiger partial charge in [-0.2, -0.15) is 4.31 Å². The zero-order chi connectivity index (χ0) is 28.2. The molecule has 2 N–H and O–H groups in total. The largest absolute Gasteiger partial charge is 0.456 e. The second kappa shape index (κ2) is 12.1. The monoisotopic (exact) mass is 555 g/mol. The summed E-state index contributed by atoms with van der Waals surface area (Å²) in [4.78, 5) is 41.9. The van der Waals surface area contributed by atoms with Gasteiger partial charge in [0, 0.05) is 41.3 Å². The highest BCUT2D eigenvalue weighted by atomic mass is 32.2. The van der Waals surface area contributed by atoms with Crippen molar-refractivity contribution < 1.29 is 32.3 Å². The van der Waals surface area contributed by atoms with Crippen molar-refractivity contribution >= 4 is 38.6 Å². The van der Waals surface area contributed by atoms with E-state index in [1.165, 1.54) is 28.6 Å². The summed E-state index contributed by atoms with van der Waals surface area (Å²) in [6.07, 6.45) is 2.41. The van der Waals surface area contributed by atoms with E-state index >= 15 is 0 Å². The second-order valence-corrected chi connectivity index (χ2v) is 11.6. The fourth-order valence-corrected chi connectivity index (χ4v) is 5.96. The van der Waals surface area contributed by atoms with E-state index in [0.29, 0.717) is 18.8 Å². The lowest BCUT2D eigenvalue weighted by atomic mass is 10.0. The highest BCUT2D eigenvalue weighted by Crippen LogP contribution is 2.23. The summed E-state index contributed by atoms with van der Waals surface area (Å²) in [7, 11) is -3.80. The Kier molecular flexibility index (Phi) is 8.83. The minimum atomic E-state index is -3.80. The van der Waals surface area contributed by atoms with Crippen molar-refractivity contribution in [3.63, 3.8) is 0 Å². The Labute approximate surface area is 227 Å². The van der Waals surface area contributed by atoms with E-state index in [9.17, 15) is 22.8 Å². The lowest BCUT2D eigenvalue weighted by Gasteiger charge is -2.26. The summed E-state index contributed by atoms with van der Waals surface area (Å²) in [6.45, 7) is 6.10. The summed E-state index contributed by atoms with van der Waals surface area (Å²) in [5.74, 6) is -2.09. The molecule has 0 aliphatic carbocycles. The zero-order valence-electron chi connectivity index (χ0n) is 22.2. The first kappa shape index (κ1) is 28.5. The number of aromatic nitrogens is 1. The quantitative estimate of drug-likeness (QED) is 0.290. The van der Waals surface area contributed by atoms with E-state index < -0.39 is 34.5 Å². The number of amides is 1. The van der Waals surface area contributed by atoms with E-state index in [1.807, 2.05) is 25.1 Å². The normalized spacial score (nSPS) is 15.3. The number of nitrogens with one attached hydrogen (secondary N) is 2. The van der Waals surface area contributed by atoms with Crippen LogP contribution in [-0.4, -0.2) is 74.3 Å².